The van der Waals surface area contributed by atoms with Crippen LogP contribution in [0.4, 0.5) is 10.1 Å². The van der Waals surface area contributed by atoms with Crippen LogP contribution < -0.4 is 10.6 Å². The Morgan fingerprint density at radius 2 is 1.70 bits per heavy atom. The normalized spacial score (nSPS) is 10.6. The summed E-state index contributed by atoms with van der Waals surface area (Å²) in [6.45, 7) is 4.34. The maximum Gasteiger partial charge on any atom is 0.259 e. The van der Waals surface area contributed by atoms with Gasteiger partial charge in [0.05, 0.1) is 11.3 Å². The minimum atomic E-state index is -0.369. The molecular weight excluding hydrogens is 419 g/mol. The van der Waals surface area contributed by atoms with Crippen LogP contribution in [0.15, 0.2) is 79.0 Å². The third kappa shape index (κ3) is 4.98. The van der Waals surface area contributed by atoms with E-state index in [1.54, 1.807) is 47.3 Å². The number of aromatic nitrogens is 2. The first-order valence-electron chi connectivity index (χ1n) is 10.6. The van der Waals surface area contributed by atoms with E-state index in [9.17, 15) is 14.0 Å². The second kappa shape index (κ2) is 9.48. The minimum absolute atomic E-state index is 0.210. The summed E-state index contributed by atoms with van der Waals surface area (Å²) in [7, 11) is 0. The summed E-state index contributed by atoms with van der Waals surface area (Å²) in [4.78, 5) is 25.4. The largest absolute Gasteiger partial charge is 0.352 e. The number of amides is 2. The van der Waals surface area contributed by atoms with E-state index in [0.717, 1.165) is 11.1 Å². The SMILES string of the molecule is CCNC(=O)c1cccc(NC(=O)c2cn(-c3ccc(F)cc3)nc2-c2ccc(C)cc2)c1. The molecule has 0 aliphatic heterocycles. The van der Waals surface area contributed by atoms with Crippen LogP contribution in [0.2, 0.25) is 0 Å². The number of aryl methyl sites for hydroxylation is 1. The van der Waals surface area contributed by atoms with Crippen molar-refractivity contribution in [3.05, 3.63) is 102 Å². The summed E-state index contributed by atoms with van der Waals surface area (Å²) < 4.78 is 14.9. The number of rotatable bonds is 6. The quantitative estimate of drug-likeness (QED) is 0.442. The van der Waals surface area contributed by atoms with Crippen LogP contribution in [0.1, 0.15) is 33.2 Å². The van der Waals surface area contributed by atoms with Gasteiger partial charge in [0.1, 0.15) is 11.5 Å². The zero-order valence-corrected chi connectivity index (χ0v) is 18.3. The molecule has 4 aromatic rings. The van der Waals surface area contributed by atoms with Crippen molar-refractivity contribution < 1.29 is 14.0 Å². The molecule has 0 aliphatic carbocycles. The van der Waals surface area contributed by atoms with E-state index in [1.807, 2.05) is 38.1 Å². The number of nitrogens with one attached hydrogen (secondary N) is 2. The highest BCUT2D eigenvalue weighted by molar-refractivity contribution is 6.08. The molecule has 0 fully saturated rings. The van der Waals surface area contributed by atoms with Crippen molar-refractivity contribution in [3.63, 3.8) is 0 Å². The molecule has 166 valence electrons. The van der Waals surface area contributed by atoms with E-state index >= 15 is 0 Å². The summed E-state index contributed by atoms with van der Waals surface area (Å²) in [5.41, 5.74) is 4.29. The molecule has 7 heteroatoms. The second-order valence-corrected chi connectivity index (χ2v) is 7.57. The van der Waals surface area contributed by atoms with Crippen LogP contribution in [0.25, 0.3) is 16.9 Å². The monoisotopic (exact) mass is 442 g/mol. The van der Waals surface area contributed by atoms with Gasteiger partial charge in [-0.25, -0.2) is 9.07 Å². The second-order valence-electron chi connectivity index (χ2n) is 7.57. The first kappa shape index (κ1) is 22.0. The van der Waals surface area contributed by atoms with E-state index < -0.39 is 0 Å². The average molecular weight is 442 g/mol. The Kier molecular flexibility index (Phi) is 6.31. The van der Waals surface area contributed by atoms with Crippen LogP contribution in [0.3, 0.4) is 0 Å². The number of hydrogen-bond acceptors (Lipinski definition) is 3. The van der Waals surface area contributed by atoms with E-state index in [4.69, 9.17) is 0 Å². The maximum absolute atomic E-state index is 13.4. The van der Waals surface area contributed by atoms with E-state index in [2.05, 4.69) is 15.7 Å². The number of carbonyl (C=O) groups excluding carboxylic acids is 2. The summed E-state index contributed by atoms with van der Waals surface area (Å²) in [6.07, 6.45) is 1.62. The van der Waals surface area contributed by atoms with Crippen molar-refractivity contribution in [1.82, 2.24) is 15.1 Å². The van der Waals surface area contributed by atoms with Crippen LogP contribution in [0, 0.1) is 12.7 Å². The van der Waals surface area contributed by atoms with Gasteiger partial charge in [0.15, 0.2) is 0 Å². The molecule has 0 saturated carbocycles. The number of anilines is 1. The molecule has 0 unspecified atom stereocenters. The standard InChI is InChI=1S/C26H23FN4O2/c1-3-28-25(32)19-5-4-6-21(15-19)29-26(33)23-16-31(22-13-11-20(27)12-14-22)30-24(23)18-9-7-17(2)8-10-18/h4-16H,3H2,1-2H3,(H,28,32)(H,29,33). The smallest absolute Gasteiger partial charge is 0.259 e. The van der Waals surface area contributed by atoms with Crippen molar-refractivity contribution in [2.24, 2.45) is 0 Å². The van der Waals surface area contributed by atoms with Gasteiger partial charge in [-0.15, -0.1) is 0 Å². The molecule has 0 aliphatic rings. The molecule has 0 atom stereocenters. The van der Waals surface area contributed by atoms with Gasteiger partial charge in [0, 0.05) is 29.6 Å². The summed E-state index contributed by atoms with van der Waals surface area (Å²) in [5, 5.41) is 10.2. The minimum Gasteiger partial charge on any atom is -0.352 e. The molecule has 0 radical (unpaired) electrons. The Hall–Kier alpha value is -4.26. The zero-order valence-electron chi connectivity index (χ0n) is 18.3. The van der Waals surface area contributed by atoms with Gasteiger partial charge in [-0.3, -0.25) is 9.59 Å². The molecule has 6 nitrogen and oxygen atoms in total. The average Bonchev–Trinajstić information content (AvgIpc) is 3.26. The lowest BCUT2D eigenvalue weighted by molar-refractivity contribution is 0.0954. The Labute approximate surface area is 191 Å². The van der Waals surface area contributed by atoms with Crippen molar-refractivity contribution in [2.75, 3.05) is 11.9 Å². The van der Waals surface area contributed by atoms with Crippen LogP contribution in [0.5, 0.6) is 0 Å². The van der Waals surface area contributed by atoms with Crippen LogP contribution in [-0.2, 0) is 0 Å². The Bertz CT molecular complexity index is 1290. The van der Waals surface area contributed by atoms with Gasteiger partial charge < -0.3 is 10.6 Å². The van der Waals surface area contributed by atoms with Crippen LogP contribution >= 0.6 is 0 Å². The van der Waals surface area contributed by atoms with E-state index in [1.165, 1.54) is 12.1 Å². The van der Waals surface area contributed by atoms with Gasteiger partial charge in [-0.05, 0) is 56.3 Å². The first-order chi connectivity index (χ1) is 15.9. The van der Waals surface area contributed by atoms with Crippen molar-refractivity contribution >= 4 is 17.5 Å². The Balaban J connectivity index is 1.70. The van der Waals surface area contributed by atoms with E-state index in [-0.39, 0.29) is 17.6 Å². The lowest BCUT2D eigenvalue weighted by atomic mass is 10.1. The fraction of sp³-hybridized carbons (Fsp3) is 0.115. The van der Waals surface area contributed by atoms with Gasteiger partial charge in [-0.1, -0.05) is 35.9 Å². The van der Waals surface area contributed by atoms with Gasteiger partial charge in [0.2, 0.25) is 0 Å². The molecule has 0 bridgehead atoms. The van der Waals surface area contributed by atoms with E-state index in [0.29, 0.717) is 34.7 Å². The highest BCUT2D eigenvalue weighted by Crippen LogP contribution is 2.25. The fourth-order valence-electron chi connectivity index (χ4n) is 3.39. The third-order valence-electron chi connectivity index (χ3n) is 5.09. The molecule has 0 spiro atoms. The van der Waals surface area contributed by atoms with Crippen LogP contribution in [-0.4, -0.2) is 28.1 Å². The number of nitrogens with zero attached hydrogens (tertiary/aromatic N) is 2. The highest BCUT2D eigenvalue weighted by atomic mass is 19.1. The molecule has 0 saturated heterocycles. The Morgan fingerprint density at radius 3 is 2.39 bits per heavy atom. The first-order valence-corrected chi connectivity index (χ1v) is 10.6. The number of halogens is 1. The molecular formula is C26H23FN4O2. The molecule has 2 amide bonds. The highest BCUT2D eigenvalue weighted by Gasteiger charge is 2.19. The summed E-state index contributed by atoms with van der Waals surface area (Å²) in [6, 6.07) is 20.3. The number of carbonyl (C=O) groups is 2. The third-order valence-corrected chi connectivity index (χ3v) is 5.09. The number of benzene rings is 3. The maximum atomic E-state index is 13.4. The lowest BCUT2D eigenvalue weighted by Gasteiger charge is -2.08. The molecule has 3 aromatic carbocycles. The summed E-state index contributed by atoms with van der Waals surface area (Å²) >= 11 is 0. The molecule has 2 N–H and O–H groups in total. The fourth-order valence-corrected chi connectivity index (χ4v) is 3.39. The lowest BCUT2D eigenvalue weighted by Crippen LogP contribution is -2.22. The molecule has 33 heavy (non-hydrogen) atoms. The van der Waals surface area contributed by atoms with Crippen molar-refractivity contribution in [1.29, 1.82) is 0 Å². The van der Waals surface area contributed by atoms with Gasteiger partial charge in [0.25, 0.3) is 11.8 Å². The zero-order chi connectivity index (χ0) is 23.4. The predicted molar refractivity (Wildman–Crippen MR) is 126 cm³/mol. The summed E-state index contributed by atoms with van der Waals surface area (Å²) in [5.74, 6) is -0.931. The van der Waals surface area contributed by atoms with Gasteiger partial charge >= 0.3 is 0 Å². The molecule has 4 rings (SSSR count). The molecule has 1 heterocycles. The topological polar surface area (TPSA) is 76.0 Å². The van der Waals surface area contributed by atoms with Crippen molar-refractivity contribution in [2.45, 2.75) is 13.8 Å². The van der Waals surface area contributed by atoms with Crippen molar-refractivity contribution in [3.8, 4) is 16.9 Å². The van der Waals surface area contributed by atoms with Gasteiger partial charge in [-0.2, -0.15) is 5.10 Å². The number of hydrogen-bond donors (Lipinski definition) is 2. The molecule has 1 aromatic heterocycles. The Morgan fingerprint density at radius 1 is 0.970 bits per heavy atom. The predicted octanol–water partition coefficient (Wildman–Crippen LogP) is 4.99.